The van der Waals surface area contributed by atoms with Crippen LogP contribution in [0.1, 0.15) is 0 Å². The van der Waals surface area contributed by atoms with Crippen LogP contribution in [-0.4, -0.2) is 53.5 Å². The number of anilines is 2. The third kappa shape index (κ3) is 4.98. The van der Waals surface area contributed by atoms with E-state index >= 15 is 0 Å². The number of nitrogens with zero attached hydrogens (tertiary/aromatic N) is 1. The average Bonchev–Trinajstić information content (AvgIpc) is 2.65. The third-order valence-electron chi connectivity index (χ3n) is 4.12. The fourth-order valence-corrected chi connectivity index (χ4v) is 4.81. The summed E-state index contributed by atoms with van der Waals surface area (Å²) in [4.78, 5) is 10.7. The standard InChI is InChI=1S/C17H18FN3O7S2/c1-29(24,25)19-9-13-10-21(30(26,27)14-5-2-11(18)3-6-14)15-8-12(20-17(22)23)4-7-16(15)28-13/h2-8,13,19-20H,9-10H2,1H3,(H,22,23). The maximum Gasteiger partial charge on any atom is 0.409 e. The summed E-state index contributed by atoms with van der Waals surface area (Å²) in [6.07, 6.45) is -1.24. The SMILES string of the molecule is CS(=O)(=O)NCC1CN(S(=O)(=O)c2ccc(F)cc2)c2cc(NC(=O)O)ccc2O1. The third-order valence-corrected chi connectivity index (χ3v) is 6.60. The number of carbonyl (C=O) groups is 1. The van der Waals surface area contributed by atoms with Crippen molar-refractivity contribution in [2.24, 2.45) is 0 Å². The molecule has 162 valence electrons. The first kappa shape index (κ1) is 21.8. The largest absolute Gasteiger partial charge is 0.485 e. The van der Waals surface area contributed by atoms with Crippen molar-refractivity contribution >= 4 is 37.5 Å². The zero-order valence-electron chi connectivity index (χ0n) is 15.6. The lowest BCUT2D eigenvalue weighted by atomic mass is 10.2. The molecule has 0 aliphatic carbocycles. The number of hydrogen-bond acceptors (Lipinski definition) is 6. The van der Waals surface area contributed by atoms with Gasteiger partial charge in [0, 0.05) is 12.2 Å². The van der Waals surface area contributed by atoms with Gasteiger partial charge in [-0.1, -0.05) is 0 Å². The van der Waals surface area contributed by atoms with E-state index in [2.05, 4.69) is 10.0 Å². The minimum atomic E-state index is -4.19. The van der Waals surface area contributed by atoms with Gasteiger partial charge in [0.05, 0.1) is 23.4 Å². The molecule has 10 nitrogen and oxygen atoms in total. The molecule has 0 aromatic heterocycles. The lowest BCUT2D eigenvalue weighted by molar-refractivity contribution is 0.203. The van der Waals surface area contributed by atoms with Crippen LogP contribution < -0.4 is 19.1 Å². The van der Waals surface area contributed by atoms with Gasteiger partial charge in [-0.05, 0) is 42.5 Å². The molecule has 1 amide bonds. The molecule has 0 spiro atoms. The average molecular weight is 459 g/mol. The van der Waals surface area contributed by atoms with E-state index < -0.39 is 38.1 Å². The van der Waals surface area contributed by atoms with E-state index in [4.69, 9.17) is 9.84 Å². The molecule has 1 heterocycles. The van der Waals surface area contributed by atoms with Crippen molar-refractivity contribution in [2.45, 2.75) is 11.0 Å². The summed E-state index contributed by atoms with van der Waals surface area (Å²) in [6, 6.07) is 8.23. The van der Waals surface area contributed by atoms with E-state index in [0.29, 0.717) is 0 Å². The van der Waals surface area contributed by atoms with Gasteiger partial charge < -0.3 is 9.84 Å². The Morgan fingerprint density at radius 2 is 1.87 bits per heavy atom. The first-order chi connectivity index (χ1) is 14.0. The van der Waals surface area contributed by atoms with Crippen LogP contribution in [0.25, 0.3) is 0 Å². The Hall–Kier alpha value is -2.90. The van der Waals surface area contributed by atoms with Crippen LogP contribution in [0.4, 0.5) is 20.6 Å². The molecule has 2 aromatic rings. The molecule has 3 N–H and O–H groups in total. The molecule has 1 aliphatic rings. The van der Waals surface area contributed by atoms with Crippen molar-refractivity contribution in [2.75, 3.05) is 29.0 Å². The number of hydrogen-bond donors (Lipinski definition) is 3. The van der Waals surface area contributed by atoms with Gasteiger partial charge in [-0.25, -0.2) is 30.7 Å². The first-order valence-electron chi connectivity index (χ1n) is 8.49. The van der Waals surface area contributed by atoms with Crippen LogP contribution in [0.2, 0.25) is 0 Å². The minimum Gasteiger partial charge on any atom is -0.485 e. The fraction of sp³-hybridized carbons (Fsp3) is 0.235. The minimum absolute atomic E-state index is 0.0566. The van der Waals surface area contributed by atoms with Crippen molar-refractivity contribution in [3.63, 3.8) is 0 Å². The monoisotopic (exact) mass is 459 g/mol. The maximum absolute atomic E-state index is 13.2. The Balaban J connectivity index is 2.04. The van der Waals surface area contributed by atoms with Gasteiger partial charge in [0.25, 0.3) is 10.0 Å². The van der Waals surface area contributed by atoms with Crippen molar-refractivity contribution in [3.05, 3.63) is 48.3 Å². The zero-order chi connectivity index (χ0) is 22.1. The smallest absolute Gasteiger partial charge is 0.409 e. The fourth-order valence-electron chi connectivity index (χ4n) is 2.83. The quantitative estimate of drug-likeness (QED) is 0.593. The normalized spacial score (nSPS) is 16.5. The molecule has 0 radical (unpaired) electrons. The summed E-state index contributed by atoms with van der Waals surface area (Å²) in [6.45, 7) is -0.450. The molecular weight excluding hydrogens is 441 g/mol. The summed E-state index contributed by atoms with van der Waals surface area (Å²) in [5, 5.41) is 11.0. The van der Waals surface area contributed by atoms with E-state index in [1.807, 2.05) is 0 Å². The summed E-state index contributed by atoms with van der Waals surface area (Å²) in [7, 11) is -7.74. The Morgan fingerprint density at radius 1 is 1.20 bits per heavy atom. The number of rotatable bonds is 6. The molecule has 0 saturated heterocycles. The number of fused-ring (bicyclic) bond motifs is 1. The van der Waals surface area contributed by atoms with Gasteiger partial charge in [0.2, 0.25) is 10.0 Å². The highest BCUT2D eigenvalue weighted by atomic mass is 32.2. The highest BCUT2D eigenvalue weighted by Gasteiger charge is 2.35. The van der Waals surface area contributed by atoms with E-state index in [1.54, 1.807) is 0 Å². The van der Waals surface area contributed by atoms with Crippen molar-refractivity contribution in [3.8, 4) is 5.75 Å². The molecular formula is C17H18FN3O7S2. The lowest BCUT2D eigenvalue weighted by Gasteiger charge is -2.35. The van der Waals surface area contributed by atoms with Crippen LogP contribution in [0, 0.1) is 5.82 Å². The predicted octanol–water partition coefficient (Wildman–Crippen LogP) is 1.42. The summed E-state index contributed by atoms with van der Waals surface area (Å²) in [5.41, 5.74) is 0.165. The van der Waals surface area contributed by atoms with E-state index in [1.165, 1.54) is 18.2 Å². The second kappa shape index (κ2) is 8.08. The maximum atomic E-state index is 13.2. The molecule has 13 heteroatoms. The second-order valence-electron chi connectivity index (χ2n) is 6.46. The van der Waals surface area contributed by atoms with Crippen LogP contribution in [-0.2, 0) is 20.0 Å². The highest BCUT2D eigenvalue weighted by molar-refractivity contribution is 7.92. The van der Waals surface area contributed by atoms with Crippen LogP contribution >= 0.6 is 0 Å². The van der Waals surface area contributed by atoms with Gasteiger partial charge >= 0.3 is 6.09 Å². The van der Waals surface area contributed by atoms with Gasteiger partial charge in [-0.15, -0.1) is 0 Å². The van der Waals surface area contributed by atoms with Crippen molar-refractivity contribution in [1.29, 1.82) is 0 Å². The van der Waals surface area contributed by atoms with E-state index in [-0.39, 0.29) is 35.1 Å². The Labute approximate surface area is 172 Å². The predicted molar refractivity (Wildman–Crippen MR) is 106 cm³/mol. The van der Waals surface area contributed by atoms with Crippen molar-refractivity contribution < 1.29 is 35.9 Å². The molecule has 30 heavy (non-hydrogen) atoms. The van der Waals surface area contributed by atoms with Gasteiger partial charge in [0.15, 0.2) is 0 Å². The Morgan fingerprint density at radius 3 is 2.47 bits per heavy atom. The van der Waals surface area contributed by atoms with Crippen LogP contribution in [0.3, 0.4) is 0 Å². The summed E-state index contributed by atoms with van der Waals surface area (Å²) < 4.78 is 71.4. The first-order valence-corrected chi connectivity index (χ1v) is 11.8. The summed E-state index contributed by atoms with van der Waals surface area (Å²) >= 11 is 0. The van der Waals surface area contributed by atoms with Crippen LogP contribution in [0.5, 0.6) is 5.75 Å². The topological polar surface area (TPSA) is 142 Å². The molecule has 0 saturated carbocycles. The number of nitrogens with one attached hydrogen (secondary N) is 2. The zero-order valence-corrected chi connectivity index (χ0v) is 17.2. The summed E-state index contributed by atoms with van der Waals surface area (Å²) in [5.74, 6) is -0.498. The van der Waals surface area contributed by atoms with E-state index in [0.717, 1.165) is 34.8 Å². The van der Waals surface area contributed by atoms with Gasteiger partial charge in [-0.3, -0.25) is 9.62 Å². The van der Waals surface area contributed by atoms with Gasteiger partial charge in [0.1, 0.15) is 17.7 Å². The molecule has 1 atom stereocenters. The Kier molecular flexibility index (Phi) is 5.87. The number of amides is 1. The lowest BCUT2D eigenvalue weighted by Crippen LogP contribution is -2.48. The number of carboxylic acid groups (broad SMARTS) is 1. The molecule has 0 fully saturated rings. The second-order valence-corrected chi connectivity index (χ2v) is 10.2. The number of ether oxygens (including phenoxy) is 1. The van der Waals surface area contributed by atoms with Crippen LogP contribution in [0.15, 0.2) is 47.4 Å². The molecule has 1 unspecified atom stereocenters. The van der Waals surface area contributed by atoms with Crippen molar-refractivity contribution in [1.82, 2.24) is 4.72 Å². The molecule has 0 bridgehead atoms. The molecule has 3 rings (SSSR count). The number of sulfonamides is 2. The highest BCUT2D eigenvalue weighted by Crippen LogP contribution is 2.39. The Bertz CT molecular complexity index is 1170. The van der Waals surface area contributed by atoms with E-state index in [9.17, 15) is 26.0 Å². The van der Waals surface area contributed by atoms with Gasteiger partial charge in [-0.2, -0.15) is 0 Å². The molecule has 2 aromatic carbocycles. The molecule has 1 aliphatic heterocycles. The number of halogens is 1. The number of benzene rings is 2.